The molecule has 7 nitrogen and oxygen atoms in total. The summed E-state index contributed by atoms with van der Waals surface area (Å²) >= 11 is 0. The Bertz CT molecular complexity index is 992. The van der Waals surface area contributed by atoms with Gasteiger partial charge in [0.1, 0.15) is 0 Å². The first-order chi connectivity index (χ1) is 14.6. The van der Waals surface area contributed by atoms with Crippen LogP contribution in [0.2, 0.25) is 0 Å². The Labute approximate surface area is 176 Å². The maximum Gasteiger partial charge on any atom is 0.247 e. The number of benzene rings is 1. The molecule has 0 atom stereocenters. The van der Waals surface area contributed by atoms with Crippen molar-refractivity contribution in [2.24, 2.45) is 0 Å². The molecule has 0 aliphatic carbocycles. The second kappa shape index (κ2) is 10.7. The molecule has 0 saturated heterocycles. The molecule has 0 bridgehead atoms. The van der Waals surface area contributed by atoms with Gasteiger partial charge in [-0.1, -0.05) is 12.6 Å². The monoisotopic (exact) mass is 403 g/mol. The second-order valence-electron chi connectivity index (χ2n) is 6.74. The van der Waals surface area contributed by atoms with Crippen molar-refractivity contribution in [2.45, 2.75) is 26.2 Å². The average Bonchev–Trinajstić information content (AvgIpc) is 2.76. The number of aryl methyl sites for hydroxylation is 2. The third-order valence-electron chi connectivity index (χ3n) is 4.34. The number of anilines is 3. The molecule has 3 rings (SSSR count). The minimum atomic E-state index is -0.265. The fourth-order valence-corrected chi connectivity index (χ4v) is 2.78. The second-order valence-corrected chi connectivity index (χ2v) is 6.74. The van der Waals surface area contributed by atoms with Gasteiger partial charge in [0.15, 0.2) is 0 Å². The summed E-state index contributed by atoms with van der Waals surface area (Å²) in [5.74, 6) is 0.727. The van der Waals surface area contributed by atoms with Crippen LogP contribution >= 0.6 is 0 Å². The van der Waals surface area contributed by atoms with Crippen LogP contribution in [0.3, 0.4) is 0 Å². The molecule has 0 spiro atoms. The largest absolute Gasteiger partial charge is 0.477 e. The minimum Gasteiger partial charge on any atom is -0.477 e. The number of hydrogen-bond acceptors (Lipinski definition) is 6. The van der Waals surface area contributed by atoms with Crippen molar-refractivity contribution < 1.29 is 9.53 Å². The van der Waals surface area contributed by atoms with E-state index in [-0.39, 0.29) is 5.91 Å². The van der Waals surface area contributed by atoms with Gasteiger partial charge < -0.3 is 15.4 Å². The molecule has 3 aromatic rings. The van der Waals surface area contributed by atoms with Crippen LogP contribution in [0.4, 0.5) is 17.3 Å². The fourth-order valence-electron chi connectivity index (χ4n) is 2.78. The summed E-state index contributed by atoms with van der Waals surface area (Å²) in [4.78, 5) is 24.3. The van der Waals surface area contributed by atoms with Crippen molar-refractivity contribution in [3.05, 3.63) is 78.8 Å². The average molecular weight is 403 g/mol. The summed E-state index contributed by atoms with van der Waals surface area (Å²) in [6.45, 7) is 5.96. The number of rotatable bonds is 10. The first kappa shape index (κ1) is 21.0. The number of ether oxygens (including phenoxy) is 1. The summed E-state index contributed by atoms with van der Waals surface area (Å²) in [7, 11) is 0. The van der Waals surface area contributed by atoms with Gasteiger partial charge in [-0.3, -0.25) is 9.78 Å². The van der Waals surface area contributed by atoms with Gasteiger partial charge >= 0.3 is 0 Å². The van der Waals surface area contributed by atoms with Crippen LogP contribution in [0.5, 0.6) is 5.88 Å². The number of carbonyl (C=O) groups is 1. The van der Waals surface area contributed by atoms with E-state index in [1.807, 2.05) is 43.6 Å². The summed E-state index contributed by atoms with van der Waals surface area (Å²) in [6.07, 6.45) is 9.54. The highest BCUT2D eigenvalue weighted by molar-refractivity contribution is 5.99. The maximum atomic E-state index is 11.5. The van der Waals surface area contributed by atoms with Crippen LogP contribution in [-0.2, 0) is 11.2 Å². The van der Waals surface area contributed by atoms with E-state index < -0.39 is 0 Å². The van der Waals surface area contributed by atoms with Gasteiger partial charge in [0.05, 0.1) is 6.61 Å². The van der Waals surface area contributed by atoms with Gasteiger partial charge in [-0.2, -0.15) is 4.98 Å². The Morgan fingerprint density at radius 3 is 2.77 bits per heavy atom. The van der Waals surface area contributed by atoms with Gasteiger partial charge in [0.2, 0.25) is 17.7 Å². The molecule has 1 amide bonds. The van der Waals surface area contributed by atoms with E-state index in [1.54, 1.807) is 18.3 Å². The van der Waals surface area contributed by atoms with E-state index >= 15 is 0 Å². The fraction of sp³-hybridized carbons (Fsp3) is 0.217. The maximum absolute atomic E-state index is 11.5. The minimum absolute atomic E-state index is 0.265. The molecule has 7 heteroatoms. The Hall–Kier alpha value is -3.74. The van der Waals surface area contributed by atoms with Crippen LogP contribution in [0.25, 0.3) is 0 Å². The molecule has 30 heavy (non-hydrogen) atoms. The zero-order chi connectivity index (χ0) is 21.2. The van der Waals surface area contributed by atoms with Crippen molar-refractivity contribution in [3.8, 4) is 5.88 Å². The highest BCUT2D eigenvalue weighted by atomic mass is 16.5. The summed E-state index contributed by atoms with van der Waals surface area (Å²) in [6, 6.07) is 11.4. The summed E-state index contributed by atoms with van der Waals surface area (Å²) in [5, 5.41) is 5.86. The van der Waals surface area contributed by atoms with Gasteiger partial charge in [0.25, 0.3) is 0 Å². The number of carbonyl (C=O) groups excluding carboxylic acids is 1. The van der Waals surface area contributed by atoms with Crippen LogP contribution < -0.4 is 15.4 Å². The van der Waals surface area contributed by atoms with E-state index in [4.69, 9.17) is 4.74 Å². The third-order valence-corrected chi connectivity index (χ3v) is 4.34. The van der Waals surface area contributed by atoms with Crippen LogP contribution in [-0.4, -0.2) is 27.5 Å². The van der Waals surface area contributed by atoms with Gasteiger partial charge in [-0.05, 0) is 68.2 Å². The molecule has 1 aromatic carbocycles. The summed E-state index contributed by atoms with van der Waals surface area (Å²) < 4.78 is 5.87. The smallest absolute Gasteiger partial charge is 0.247 e. The quantitative estimate of drug-likeness (QED) is 0.384. The van der Waals surface area contributed by atoms with E-state index in [9.17, 15) is 4.79 Å². The molecular weight excluding hydrogens is 378 g/mol. The van der Waals surface area contributed by atoms with Crippen molar-refractivity contribution in [3.63, 3.8) is 0 Å². The Morgan fingerprint density at radius 2 is 1.97 bits per heavy atom. The number of aromatic nitrogens is 3. The van der Waals surface area contributed by atoms with Crippen LogP contribution in [0.1, 0.15) is 24.0 Å². The first-order valence-electron chi connectivity index (χ1n) is 9.80. The zero-order valence-corrected chi connectivity index (χ0v) is 17.0. The summed E-state index contributed by atoms with van der Waals surface area (Å²) in [5.41, 5.74) is 3.56. The predicted molar refractivity (Wildman–Crippen MR) is 118 cm³/mol. The Kier molecular flexibility index (Phi) is 7.49. The first-order valence-corrected chi connectivity index (χ1v) is 9.80. The van der Waals surface area contributed by atoms with E-state index in [0.29, 0.717) is 24.1 Å². The number of amides is 1. The molecule has 0 unspecified atom stereocenters. The van der Waals surface area contributed by atoms with E-state index in [2.05, 4.69) is 32.2 Å². The molecule has 2 heterocycles. The van der Waals surface area contributed by atoms with E-state index in [0.717, 1.165) is 30.5 Å². The number of nitrogens with one attached hydrogen (secondary N) is 2. The molecule has 0 fully saturated rings. The molecule has 0 saturated carbocycles. The van der Waals surface area contributed by atoms with Crippen molar-refractivity contribution >= 4 is 23.2 Å². The van der Waals surface area contributed by atoms with E-state index in [1.165, 1.54) is 11.6 Å². The number of unbranched alkanes of at least 4 members (excludes halogenated alkanes) is 1. The van der Waals surface area contributed by atoms with Crippen molar-refractivity contribution in [2.75, 3.05) is 17.2 Å². The lowest BCUT2D eigenvalue weighted by Crippen LogP contribution is -2.08. The molecule has 0 aliphatic rings. The van der Waals surface area contributed by atoms with Gasteiger partial charge in [-0.15, -0.1) is 0 Å². The van der Waals surface area contributed by atoms with Gasteiger partial charge in [-0.25, -0.2) is 4.98 Å². The number of hydrogen-bond donors (Lipinski definition) is 2. The lowest BCUT2D eigenvalue weighted by Gasteiger charge is -2.11. The molecule has 2 aromatic heterocycles. The lowest BCUT2D eigenvalue weighted by atomic mass is 10.1. The van der Waals surface area contributed by atoms with Crippen molar-refractivity contribution in [1.82, 2.24) is 15.0 Å². The molecular formula is C23H25N5O2. The molecule has 0 radical (unpaired) electrons. The normalized spacial score (nSPS) is 10.3. The third kappa shape index (κ3) is 6.41. The SMILES string of the molecule is C=CC(=O)Nc1cccc(Nc2ncc(C)c(OCCCCc3ccncc3)n2)c1. The molecule has 0 aliphatic heterocycles. The molecule has 154 valence electrons. The standard InChI is InChI=1S/C23H25N5O2/c1-3-21(29)26-19-8-6-9-20(15-19)27-23-25-16-17(2)22(28-23)30-14-5-4-7-18-10-12-24-13-11-18/h3,6,8-13,15-16H,1,4-5,7,14H2,2H3,(H,26,29)(H,25,27,28). The zero-order valence-electron chi connectivity index (χ0n) is 17.0. The number of nitrogens with zero attached hydrogens (tertiary/aromatic N) is 3. The molecule has 2 N–H and O–H groups in total. The van der Waals surface area contributed by atoms with Crippen LogP contribution in [0.15, 0.2) is 67.6 Å². The highest BCUT2D eigenvalue weighted by Crippen LogP contribution is 2.21. The van der Waals surface area contributed by atoms with Crippen LogP contribution in [0, 0.1) is 6.92 Å². The van der Waals surface area contributed by atoms with Crippen molar-refractivity contribution in [1.29, 1.82) is 0 Å². The predicted octanol–water partition coefficient (Wildman–Crippen LogP) is 4.45. The Balaban J connectivity index is 1.54. The lowest BCUT2D eigenvalue weighted by molar-refractivity contribution is -0.111. The highest BCUT2D eigenvalue weighted by Gasteiger charge is 2.07. The number of pyridine rings is 1. The van der Waals surface area contributed by atoms with Gasteiger partial charge in [0, 0.05) is 35.5 Å². The Morgan fingerprint density at radius 1 is 1.17 bits per heavy atom. The topological polar surface area (TPSA) is 89.0 Å².